The summed E-state index contributed by atoms with van der Waals surface area (Å²) in [6, 6.07) is 12.4. The van der Waals surface area contributed by atoms with Crippen molar-refractivity contribution in [1.29, 1.82) is 0 Å². The van der Waals surface area contributed by atoms with Gasteiger partial charge in [-0.3, -0.25) is 29.8 Å². The number of pyridine rings is 2. The van der Waals surface area contributed by atoms with Crippen molar-refractivity contribution in [2.24, 2.45) is 20.8 Å². The molecule has 0 radical (unpaired) electrons. The zero-order valence-electron chi connectivity index (χ0n) is 34.3. The predicted octanol–water partition coefficient (Wildman–Crippen LogP) is 9.68. The van der Waals surface area contributed by atoms with E-state index in [2.05, 4.69) is 84.2 Å². The van der Waals surface area contributed by atoms with Gasteiger partial charge in [-0.05, 0) is 60.7 Å². The molecule has 0 amide bonds. The van der Waals surface area contributed by atoms with Gasteiger partial charge in [0.15, 0.2) is 0 Å². The topological polar surface area (TPSA) is 93.9 Å². The summed E-state index contributed by atoms with van der Waals surface area (Å²) in [6.07, 6.45) is 23.3. The zero-order chi connectivity index (χ0) is 39.0. The number of fused-ring (bicyclic) bond motifs is 6. The average molecular weight is 761 g/mol. The number of benzene rings is 2. The normalized spacial score (nSPS) is 26.7. The standard InChI is InChI=1S/C46H60N6O4/c1-43(2)25-35(53-5)29-51(45(43)31-49-41-37-27-47-21-19-33(37)15-17-39(41)55-45)23-13-11-9-7-8-10-12-14-24-52-30-36(54-6)26-44(3,4)46(52)32-50-42-38-28-48-22-20-34(38)16-18-40(42)56-46/h15-22,27-28,31-32,35-36H,7-14,23-26,29-30H2,1-6H3. The number of hydrogen-bond donors (Lipinski definition) is 0. The lowest BCUT2D eigenvalue weighted by molar-refractivity contribution is -0.170. The summed E-state index contributed by atoms with van der Waals surface area (Å²) in [7, 11) is 3.67. The summed E-state index contributed by atoms with van der Waals surface area (Å²) in [5.74, 6) is 1.66. The number of rotatable bonds is 13. The SMILES string of the molecule is COC1CN(CCCCCCCCCCN2CC(OC)CC(C)(C)C23C=Nc2c(ccc4ccncc24)O3)C2(C=Nc3c(ccc4ccncc34)O2)C(C)(C)C1. The van der Waals surface area contributed by atoms with Crippen molar-refractivity contribution < 1.29 is 18.9 Å². The number of unbranched alkanes of at least 4 members (excludes halogenated alkanes) is 7. The molecular formula is C46H60N6O4. The molecule has 10 heteroatoms. The summed E-state index contributed by atoms with van der Waals surface area (Å²) in [6.45, 7) is 12.7. The lowest BCUT2D eigenvalue weighted by Crippen LogP contribution is -2.69. The minimum absolute atomic E-state index is 0.159. The van der Waals surface area contributed by atoms with Crippen LogP contribution >= 0.6 is 0 Å². The van der Waals surface area contributed by atoms with E-state index in [0.29, 0.717) is 0 Å². The van der Waals surface area contributed by atoms with Crippen molar-refractivity contribution in [3.05, 3.63) is 61.2 Å². The molecule has 2 aromatic heterocycles. The van der Waals surface area contributed by atoms with Gasteiger partial charge in [0, 0.05) is 86.8 Å². The summed E-state index contributed by atoms with van der Waals surface area (Å²) in [4.78, 5) is 23.9. The molecular weight excluding hydrogens is 701 g/mol. The molecule has 4 aliphatic heterocycles. The molecule has 2 spiro atoms. The van der Waals surface area contributed by atoms with E-state index in [1.165, 1.54) is 38.5 Å². The quantitative estimate of drug-likeness (QED) is 0.124. The number of hydrogen-bond acceptors (Lipinski definition) is 10. The van der Waals surface area contributed by atoms with Crippen LogP contribution in [-0.2, 0) is 9.47 Å². The molecule has 4 aromatic rings. The van der Waals surface area contributed by atoms with Crippen molar-refractivity contribution in [1.82, 2.24) is 19.8 Å². The lowest BCUT2D eigenvalue weighted by atomic mass is 9.72. The van der Waals surface area contributed by atoms with Gasteiger partial charge in [-0.2, -0.15) is 0 Å². The van der Waals surface area contributed by atoms with Crippen LogP contribution in [0.2, 0.25) is 0 Å². The van der Waals surface area contributed by atoms with Gasteiger partial charge in [0.05, 0.1) is 24.6 Å². The first-order valence-electron chi connectivity index (χ1n) is 20.9. The molecule has 0 bridgehead atoms. The molecule has 2 aromatic carbocycles. The lowest BCUT2D eigenvalue weighted by Gasteiger charge is -2.56. The van der Waals surface area contributed by atoms with Crippen molar-refractivity contribution in [3.63, 3.8) is 0 Å². The molecule has 4 unspecified atom stereocenters. The Bertz CT molecular complexity index is 1940. The van der Waals surface area contributed by atoms with Crippen molar-refractivity contribution >= 4 is 45.3 Å². The minimum atomic E-state index is -0.625. The fourth-order valence-corrected chi connectivity index (χ4v) is 9.97. The number of ether oxygens (including phenoxy) is 4. The van der Waals surface area contributed by atoms with Gasteiger partial charge in [0.1, 0.15) is 22.9 Å². The third kappa shape index (κ3) is 7.01. The van der Waals surface area contributed by atoms with Crippen LogP contribution in [0.25, 0.3) is 21.5 Å². The average Bonchev–Trinajstić information content (AvgIpc) is 3.21. The third-order valence-electron chi connectivity index (χ3n) is 13.3. The predicted molar refractivity (Wildman–Crippen MR) is 225 cm³/mol. The maximum atomic E-state index is 7.02. The molecule has 0 N–H and O–H groups in total. The Morgan fingerprint density at radius 1 is 0.589 bits per heavy atom. The van der Waals surface area contributed by atoms with Gasteiger partial charge in [-0.25, -0.2) is 0 Å². The first-order chi connectivity index (χ1) is 27.1. The summed E-state index contributed by atoms with van der Waals surface area (Å²) < 4.78 is 26.0. The van der Waals surface area contributed by atoms with E-state index in [4.69, 9.17) is 28.9 Å². The van der Waals surface area contributed by atoms with Crippen LogP contribution in [0.4, 0.5) is 11.4 Å². The molecule has 6 heterocycles. The second kappa shape index (κ2) is 15.8. The molecule has 10 nitrogen and oxygen atoms in total. The monoisotopic (exact) mass is 760 g/mol. The van der Waals surface area contributed by atoms with Crippen molar-refractivity contribution in [2.45, 2.75) is 116 Å². The smallest absolute Gasteiger partial charge is 0.205 e. The number of likely N-dealkylation sites (tertiary alicyclic amines) is 2. The van der Waals surface area contributed by atoms with Crippen LogP contribution in [0.1, 0.15) is 91.9 Å². The highest BCUT2D eigenvalue weighted by Crippen LogP contribution is 2.52. The number of methoxy groups -OCH3 is 2. The highest BCUT2D eigenvalue weighted by Gasteiger charge is 2.58. The highest BCUT2D eigenvalue weighted by molar-refractivity contribution is 5.99. The number of aromatic nitrogens is 2. The zero-order valence-corrected chi connectivity index (χ0v) is 34.3. The molecule has 8 rings (SSSR count). The van der Waals surface area contributed by atoms with E-state index in [0.717, 1.165) is 96.3 Å². The Kier molecular flexibility index (Phi) is 10.9. The van der Waals surface area contributed by atoms with Gasteiger partial charge in [0.25, 0.3) is 0 Å². The van der Waals surface area contributed by atoms with Gasteiger partial charge in [0.2, 0.25) is 11.4 Å². The number of aliphatic imine (C=N–C) groups is 2. The van der Waals surface area contributed by atoms with Crippen LogP contribution in [0.5, 0.6) is 11.5 Å². The van der Waals surface area contributed by atoms with Crippen LogP contribution < -0.4 is 9.47 Å². The van der Waals surface area contributed by atoms with Crippen molar-refractivity contribution in [2.75, 3.05) is 40.4 Å². The van der Waals surface area contributed by atoms with Crippen LogP contribution in [0, 0.1) is 10.8 Å². The maximum Gasteiger partial charge on any atom is 0.205 e. The Morgan fingerprint density at radius 3 is 1.41 bits per heavy atom. The summed E-state index contributed by atoms with van der Waals surface area (Å²) in [5.41, 5.74) is 0.104. The summed E-state index contributed by atoms with van der Waals surface area (Å²) >= 11 is 0. The fourth-order valence-electron chi connectivity index (χ4n) is 9.97. The Balaban J connectivity index is 0.829. The molecule has 2 fully saturated rings. The van der Waals surface area contributed by atoms with Gasteiger partial charge in [-0.15, -0.1) is 0 Å². The number of nitrogens with zero attached hydrogens (tertiary/aromatic N) is 6. The largest absolute Gasteiger partial charge is 0.464 e. The highest BCUT2D eigenvalue weighted by atomic mass is 16.5. The van der Waals surface area contributed by atoms with Crippen LogP contribution in [-0.4, -0.2) is 96.3 Å². The second-order valence-electron chi connectivity index (χ2n) is 17.7. The van der Waals surface area contributed by atoms with E-state index < -0.39 is 11.4 Å². The molecule has 2 saturated heterocycles. The Hall–Kier alpha value is -3.96. The number of piperidine rings is 2. The first kappa shape index (κ1) is 38.9. The van der Waals surface area contributed by atoms with Gasteiger partial charge in [-0.1, -0.05) is 78.4 Å². The molecule has 4 aliphatic rings. The van der Waals surface area contributed by atoms with E-state index >= 15 is 0 Å². The van der Waals surface area contributed by atoms with Gasteiger partial charge >= 0.3 is 0 Å². The third-order valence-corrected chi connectivity index (χ3v) is 13.3. The molecule has 298 valence electrons. The summed E-state index contributed by atoms with van der Waals surface area (Å²) in [5, 5.41) is 4.29. The van der Waals surface area contributed by atoms with E-state index in [1.807, 2.05) is 51.1 Å². The van der Waals surface area contributed by atoms with Crippen LogP contribution in [0.3, 0.4) is 0 Å². The van der Waals surface area contributed by atoms with E-state index in [9.17, 15) is 0 Å². The Morgan fingerprint density at radius 2 is 1.00 bits per heavy atom. The first-order valence-corrected chi connectivity index (χ1v) is 20.9. The van der Waals surface area contributed by atoms with Gasteiger partial charge < -0.3 is 18.9 Å². The molecule has 56 heavy (non-hydrogen) atoms. The molecule has 0 saturated carbocycles. The van der Waals surface area contributed by atoms with E-state index in [1.54, 1.807) is 0 Å². The Labute approximate surface area is 332 Å². The maximum absolute atomic E-state index is 7.02. The van der Waals surface area contributed by atoms with Crippen LogP contribution in [0.15, 0.2) is 71.2 Å². The van der Waals surface area contributed by atoms with E-state index in [-0.39, 0.29) is 23.0 Å². The molecule has 0 aliphatic carbocycles. The molecule has 4 atom stereocenters. The van der Waals surface area contributed by atoms with Crippen molar-refractivity contribution in [3.8, 4) is 11.5 Å². The minimum Gasteiger partial charge on any atom is -0.464 e. The fraction of sp³-hybridized carbons (Fsp3) is 0.565. The second-order valence-corrected chi connectivity index (χ2v) is 17.7.